The Hall–Kier alpha value is -1.62. The molecule has 1 heterocycles. The predicted molar refractivity (Wildman–Crippen MR) is 77.1 cm³/mol. The first-order chi connectivity index (χ1) is 9.45. The summed E-state index contributed by atoms with van der Waals surface area (Å²) < 4.78 is 0. The third-order valence-corrected chi connectivity index (χ3v) is 4.19. The van der Waals surface area contributed by atoms with Gasteiger partial charge in [0, 0.05) is 23.7 Å². The van der Waals surface area contributed by atoms with Crippen LogP contribution in [0.5, 0.6) is 0 Å². The second kappa shape index (κ2) is 5.79. The van der Waals surface area contributed by atoms with E-state index >= 15 is 0 Å². The number of amides is 1. The Balaban J connectivity index is 2.29. The van der Waals surface area contributed by atoms with E-state index in [0.29, 0.717) is 5.56 Å². The summed E-state index contributed by atoms with van der Waals surface area (Å²) in [7, 11) is 0. The number of nitro benzene ring substituents is 1. The maximum atomic E-state index is 12.6. The molecule has 1 amide bonds. The number of rotatable bonds is 3. The van der Waals surface area contributed by atoms with E-state index in [4.69, 9.17) is 11.6 Å². The number of nitrogens with zero attached hydrogens (tertiary/aromatic N) is 2. The lowest BCUT2D eigenvalue weighted by molar-refractivity contribution is -0.384. The monoisotopic (exact) mass is 296 g/mol. The number of benzene rings is 1. The molecule has 1 saturated heterocycles. The van der Waals surface area contributed by atoms with Crippen LogP contribution in [0.25, 0.3) is 0 Å². The maximum Gasteiger partial charge on any atom is 0.287 e. The molecule has 0 saturated carbocycles. The van der Waals surface area contributed by atoms with Gasteiger partial charge in [0.05, 0.1) is 4.92 Å². The molecule has 2 rings (SSSR count). The van der Waals surface area contributed by atoms with E-state index in [1.165, 1.54) is 18.2 Å². The molecular formula is C14H17ClN2O3. The number of carbonyl (C=O) groups excluding carboxylic acids is 1. The molecule has 2 atom stereocenters. The third-order valence-electron chi connectivity index (χ3n) is 3.88. The highest BCUT2D eigenvalue weighted by molar-refractivity contribution is 6.33. The van der Waals surface area contributed by atoms with E-state index in [1.807, 2.05) is 11.8 Å². The molecule has 1 aliphatic heterocycles. The largest absolute Gasteiger partial charge is 0.333 e. The molecule has 0 aromatic heterocycles. The third kappa shape index (κ3) is 2.63. The quantitative estimate of drug-likeness (QED) is 0.632. The fourth-order valence-electron chi connectivity index (χ4n) is 2.78. The number of nitro groups is 1. The van der Waals surface area contributed by atoms with Crippen molar-refractivity contribution in [1.82, 2.24) is 4.90 Å². The summed E-state index contributed by atoms with van der Waals surface area (Å²) in [5.41, 5.74) is 0.234. The summed E-state index contributed by atoms with van der Waals surface area (Å²) in [5, 5.41) is 10.7. The van der Waals surface area contributed by atoms with Gasteiger partial charge in [0.2, 0.25) is 0 Å². The number of carbonyl (C=O) groups is 1. The molecule has 6 heteroatoms. The standard InChI is InChI=1S/C14H17ClN2O3/c1-3-11-6-4-9(2)16(11)14(18)10-5-7-13(17(19)20)12(15)8-10/h5,7-9,11H,3-4,6H2,1-2H3. The van der Waals surface area contributed by atoms with Crippen molar-refractivity contribution in [1.29, 1.82) is 0 Å². The zero-order valence-corrected chi connectivity index (χ0v) is 12.3. The van der Waals surface area contributed by atoms with Gasteiger partial charge in [-0.2, -0.15) is 0 Å². The van der Waals surface area contributed by atoms with Crippen molar-refractivity contribution in [3.8, 4) is 0 Å². The predicted octanol–water partition coefficient (Wildman–Crippen LogP) is 3.65. The first-order valence-corrected chi connectivity index (χ1v) is 7.10. The Kier molecular flexibility index (Phi) is 4.28. The van der Waals surface area contributed by atoms with Crippen LogP contribution in [0, 0.1) is 10.1 Å². The zero-order valence-electron chi connectivity index (χ0n) is 11.5. The summed E-state index contributed by atoms with van der Waals surface area (Å²) in [6, 6.07) is 4.59. The van der Waals surface area contributed by atoms with Crippen LogP contribution in [-0.4, -0.2) is 27.8 Å². The maximum absolute atomic E-state index is 12.6. The molecule has 20 heavy (non-hydrogen) atoms. The molecule has 2 unspecified atom stereocenters. The molecule has 0 radical (unpaired) electrons. The Morgan fingerprint density at radius 3 is 2.75 bits per heavy atom. The summed E-state index contributed by atoms with van der Waals surface area (Å²) in [6.07, 6.45) is 2.91. The average Bonchev–Trinajstić information content (AvgIpc) is 2.78. The molecule has 1 aromatic rings. The fourth-order valence-corrected chi connectivity index (χ4v) is 3.03. The van der Waals surface area contributed by atoms with Crippen LogP contribution < -0.4 is 0 Å². The van der Waals surface area contributed by atoms with E-state index in [0.717, 1.165) is 19.3 Å². The molecule has 1 fully saturated rings. The van der Waals surface area contributed by atoms with Gasteiger partial charge in [-0.15, -0.1) is 0 Å². The molecule has 0 aliphatic carbocycles. The Labute approximate surface area is 122 Å². The molecule has 108 valence electrons. The van der Waals surface area contributed by atoms with Gasteiger partial charge in [-0.1, -0.05) is 18.5 Å². The first-order valence-electron chi connectivity index (χ1n) is 6.72. The van der Waals surface area contributed by atoms with Crippen LogP contribution in [0.2, 0.25) is 5.02 Å². The Morgan fingerprint density at radius 1 is 1.50 bits per heavy atom. The topological polar surface area (TPSA) is 63.5 Å². The Morgan fingerprint density at radius 2 is 2.20 bits per heavy atom. The van der Waals surface area contributed by atoms with Crippen molar-refractivity contribution in [3.05, 3.63) is 38.9 Å². The van der Waals surface area contributed by atoms with Gasteiger partial charge >= 0.3 is 0 Å². The van der Waals surface area contributed by atoms with E-state index in [-0.39, 0.29) is 28.7 Å². The minimum Gasteiger partial charge on any atom is -0.333 e. The fraction of sp³-hybridized carbons (Fsp3) is 0.500. The lowest BCUT2D eigenvalue weighted by Gasteiger charge is -2.28. The van der Waals surface area contributed by atoms with Crippen LogP contribution >= 0.6 is 11.6 Å². The van der Waals surface area contributed by atoms with Gasteiger partial charge in [0.1, 0.15) is 5.02 Å². The molecule has 5 nitrogen and oxygen atoms in total. The van der Waals surface area contributed by atoms with Crippen LogP contribution in [0.4, 0.5) is 5.69 Å². The van der Waals surface area contributed by atoms with E-state index < -0.39 is 4.92 Å². The van der Waals surface area contributed by atoms with Crippen molar-refractivity contribution in [2.75, 3.05) is 0 Å². The molecule has 0 bridgehead atoms. The van der Waals surface area contributed by atoms with Gasteiger partial charge in [0.15, 0.2) is 0 Å². The van der Waals surface area contributed by atoms with Crippen LogP contribution in [-0.2, 0) is 0 Å². The van der Waals surface area contributed by atoms with Gasteiger partial charge in [0.25, 0.3) is 11.6 Å². The van der Waals surface area contributed by atoms with Crippen molar-refractivity contribution in [2.24, 2.45) is 0 Å². The van der Waals surface area contributed by atoms with Gasteiger partial charge in [-0.25, -0.2) is 0 Å². The summed E-state index contributed by atoms with van der Waals surface area (Å²) >= 11 is 5.87. The summed E-state index contributed by atoms with van der Waals surface area (Å²) in [5.74, 6) is -0.0985. The summed E-state index contributed by atoms with van der Waals surface area (Å²) in [4.78, 5) is 24.6. The second-order valence-corrected chi connectivity index (χ2v) is 5.53. The smallest absolute Gasteiger partial charge is 0.287 e. The van der Waals surface area contributed by atoms with Crippen molar-refractivity contribution >= 4 is 23.2 Å². The number of likely N-dealkylation sites (tertiary alicyclic amines) is 1. The van der Waals surface area contributed by atoms with Crippen molar-refractivity contribution in [2.45, 2.75) is 45.2 Å². The second-order valence-electron chi connectivity index (χ2n) is 5.12. The van der Waals surface area contributed by atoms with Gasteiger partial charge in [-0.3, -0.25) is 14.9 Å². The minimum atomic E-state index is -0.552. The minimum absolute atomic E-state index is 0.000693. The lowest BCUT2D eigenvalue weighted by Crippen LogP contribution is -2.39. The van der Waals surface area contributed by atoms with E-state index in [2.05, 4.69) is 6.92 Å². The summed E-state index contributed by atoms with van der Waals surface area (Å²) in [6.45, 7) is 4.09. The molecule has 1 aliphatic rings. The van der Waals surface area contributed by atoms with Gasteiger partial charge < -0.3 is 4.90 Å². The highest BCUT2D eigenvalue weighted by atomic mass is 35.5. The van der Waals surface area contributed by atoms with Crippen molar-refractivity contribution < 1.29 is 9.72 Å². The highest BCUT2D eigenvalue weighted by Gasteiger charge is 2.34. The molecule has 0 spiro atoms. The number of hydrogen-bond donors (Lipinski definition) is 0. The van der Waals surface area contributed by atoms with Crippen LogP contribution in [0.15, 0.2) is 18.2 Å². The normalized spacial score (nSPS) is 22.1. The van der Waals surface area contributed by atoms with Gasteiger partial charge in [-0.05, 0) is 38.3 Å². The highest BCUT2D eigenvalue weighted by Crippen LogP contribution is 2.30. The lowest BCUT2D eigenvalue weighted by atomic mass is 10.1. The van der Waals surface area contributed by atoms with E-state index in [1.54, 1.807) is 0 Å². The molecule has 1 aromatic carbocycles. The first kappa shape index (κ1) is 14.8. The number of hydrogen-bond acceptors (Lipinski definition) is 3. The van der Waals surface area contributed by atoms with Crippen molar-refractivity contribution in [3.63, 3.8) is 0 Å². The molecule has 0 N–H and O–H groups in total. The SMILES string of the molecule is CCC1CCC(C)N1C(=O)c1ccc([N+](=O)[O-])c(Cl)c1. The number of halogens is 1. The van der Waals surface area contributed by atoms with Crippen LogP contribution in [0.3, 0.4) is 0 Å². The van der Waals surface area contributed by atoms with E-state index in [9.17, 15) is 14.9 Å². The Bertz CT molecular complexity index is 547. The zero-order chi connectivity index (χ0) is 14.9. The van der Waals surface area contributed by atoms with Crippen LogP contribution in [0.1, 0.15) is 43.5 Å². The average molecular weight is 297 g/mol. The molecular weight excluding hydrogens is 280 g/mol.